The van der Waals surface area contributed by atoms with Crippen molar-refractivity contribution in [2.45, 2.75) is 24.0 Å². The van der Waals surface area contributed by atoms with E-state index >= 15 is 0 Å². The van der Waals surface area contributed by atoms with Crippen LogP contribution in [0.2, 0.25) is 0 Å². The molecule has 1 saturated heterocycles. The van der Waals surface area contributed by atoms with Crippen molar-refractivity contribution in [3.05, 3.63) is 35.4 Å². The van der Waals surface area contributed by atoms with Gasteiger partial charge >= 0.3 is 0 Å². The molecule has 0 spiro atoms. The van der Waals surface area contributed by atoms with Crippen LogP contribution in [-0.4, -0.2) is 29.5 Å². The van der Waals surface area contributed by atoms with Gasteiger partial charge in [0.05, 0.1) is 4.58 Å². The van der Waals surface area contributed by atoms with E-state index in [2.05, 4.69) is 17.4 Å². The van der Waals surface area contributed by atoms with Gasteiger partial charge in [0.2, 0.25) is 0 Å². The van der Waals surface area contributed by atoms with Crippen LogP contribution < -0.4 is 11.1 Å². The fourth-order valence-electron chi connectivity index (χ4n) is 1.77. The second-order valence-corrected chi connectivity index (χ2v) is 7.96. The Morgan fingerprint density at radius 3 is 2.42 bits per heavy atom. The third-order valence-corrected chi connectivity index (χ3v) is 6.13. The van der Waals surface area contributed by atoms with Gasteiger partial charge in [0.25, 0.3) is 5.91 Å². The lowest BCUT2D eigenvalue weighted by molar-refractivity contribution is 0.0915. The number of carbonyl (C=O) groups is 1. The SMILES string of the molecule is CC(C)(CN)NC(=O)c1ccc(C2SCCS2)cc1. The van der Waals surface area contributed by atoms with E-state index in [1.54, 1.807) is 0 Å². The van der Waals surface area contributed by atoms with E-state index in [1.165, 1.54) is 17.1 Å². The van der Waals surface area contributed by atoms with Crippen molar-refractivity contribution < 1.29 is 4.79 Å². The third-order valence-electron chi connectivity index (χ3n) is 3.03. The number of hydrogen-bond donors (Lipinski definition) is 2. The molecule has 0 radical (unpaired) electrons. The van der Waals surface area contributed by atoms with Crippen LogP contribution in [0.1, 0.15) is 34.4 Å². The molecule has 0 saturated carbocycles. The van der Waals surface area contributed by atoms with Crippen molar-refractivity contribution in [3.8, 4) is 0 Å². The summed E-state index contributed by atoms with van der Waals surface area (Å²) in [6.07, 6.45) is 0. The second kappa shape index (κ2) is 6.20. The summed E-state index contributed by atoms with van der Waals surface area (Å²) in [6, 6.07) is 7.91. The minimum Gasteiger partial charge on any atom is -0.346 e. The topological polar surface area (TPSA) is 55.1 Å². The van der Waals surface area contributed by atoms with Gasteiger partial charge in [0.1, 0.15) is 0 Å². The molecule has 104 valence electrons. The van der Waals surface area contributed by atoms with Crippen molar-refractivity contribution in [2.24, 2.45) is 5.73 Å². The zero-order chi connectivity index (χ0) is 13.9. The molecule has 0 aliphatic carbocycles. The Morgan fingerprint density at radius 1 is 1.32 bits per heavy atom. The standard InChI is InChI=1S/C14H20N2OS2/c1-14(2,9-15)16-12(17)10-3-5-11(6-4-10)13-18-7-8-19-13/h3-6,13H,7-9,15H2,1-2H3,(H,16,17). The monoisotopic (exact) mass is 296 g/mol. The Bertz CT molecular complexity index is 439. The maximum atomic E-state index is 12.1. The molecule has 0 bridgehead atoms. The normalized spacial score (nSPS) is 16.6. The number of amides is 1. The van der Waals surface area contributed by atoms with Crippen molar-refractivity contribution in [1.29, 1.82) is 0 Å². The molecule has 1 aromatic rings. The smallest absolute Gasteiger partial charge is 0.251 e. The number of benzene rings is 1. The molecule has 1 aromatic carbocycles. The Kier molecular flexibility index (Phi) is 4.81. The molecule has 3 N–H and O–H groups in total. The highest BCUT2D eigenvalue weighted by atomic mass is 32.2. The molecule has 2 rings (SSSR count). The minimum absolute atomic E-state index is 0.0614. The lowest BCUT2D eigenvalue weighted by atomic mass is 10.0. The van der Waals surface area contributed by atoms with Gasteiger partial charge in [-0.1, -0.05) is 12.1 Å². The summed E-state index contributed by atoms with van der Waals surface area (Å²) < 4.78 is 0.526. The molecule has 1 aliphatic rings. The summed E-state index contributed by atoms with van der Waals surface area (Å²) in [4.78, 5) is 12.1. The molecule has 0 atom stereocenters. The van der Waals surface area contributed by atoms with Crippen LogP contribution in [-0.2, 0) is 0 Å². The molecule has 0 aromatic heterocycles. The van der Waals surface area contributed by atoms with Gasteiger partial charge in [-0.25, -0.2) is 0 Å². The van der Waals surface area contributed by atoms with Crippen LogP contribution in [0.3, 0.4) is 0 Å². The van der Waals surface area contributed by atoms with Gasteiger partial charge in [-0.2, -0.15) is 0 Å². The molecule has 19 heavy (non-hydrogen) atoms. The number of carbonyl (C=O) groups excluding carboxylic acids is 1. The summed E-state index contributed by atoms with van der Waals surface area (Å²) >= 11 is 3.94. The van der Waals surface area contributed by atoms with Crippen LogP contribution >= 0.6 is 23.5 Å². The Hall–Kier alpha value is -0.650. The fraction of sp³-hybridized carbons (Fsp3) is 0.500. The Balaban J connectivity index is 2.03. The molecular formula is C14H20N2OS2. The average molecular weight is 296 g/mol. The number of hydrogen-bond acceptors (Lipinski definition) is 4. The summed E-state index contributed by atoms with van der Waals surface area (Å²) in [5.41, 5.74) is 7.24. The van der Waals surface area contributed by atoms with Crippen LogP contribution in [0.4, 0.5) is 0 Å². The van der Waals surface area contributed by atoms with Crippen molar-refractivity contribution >= 4 is 29.4 Å². The molecular weight excluding hydrogens is 276 g/mol. The van der Waals surface area contributed by atoms with Gasteiger partial charge in [-0.3, -0.25) is 4.79 Å². The zero-order valence-corrected chi connectivity index (χ0v) is 12.9. The molecule has 3 nitrogen and oxygen atoms in total. The van der Waals surface area contributed by atoms with Crippen molar-refractivity contribution in [2.75, 3.05) is 18.1 Å². The number of nitrogens with one attached hydrogen (secondary N) is 1. The van der Waals surface area contributed by atoms with E-state index < -0.39 is 0 Å². The lowest BCUT2D eigenvalue weighted by Gasteiger charge is -2.24. The Labute approximate surface area is 123 Å². The quantitative estimate of drug-likeness (QED) is 0.897. The van der Waals surface area contributed by atoms with Crippen molar-refractivity contribution in [1.82, 2.24) is 5.32 Å². The predicted octanol–water partition coefficient (Wildman–Crippen LogP) is 2.63. The maximum absolute atomic E-state index is 12.1. The van der Waals surface area contributed by atoms with Gasteiger partial charge in [-0.05, 0) is 31.5 Å². The predicted molar refractivity (Wildman–Crippen MR) is 84.7 cm³/mol. The first kappa shape index (κ1) is 14.8. The highest BCUT2D eigenvalue weighted by molar-refractivity contribution is 8.19. The highest BCUT2D eigenvalue weighted by Gasteiger charge is 2.21. The largest absolute Gasteiger partial charge is 0.346 e. The van der Waals surface area contributed by atoms with Gasteiger partial charge < -0.3 is 11.1 Å². The molecule has 5 heteroatoms. The minimum atomic E-state index is -0.368. The zero-order valence-electron chi connectivity index (χ0n) is 11.3. The van der Waals surface area contributed by atoms with Crippen molar-refractivity contribution in [3.63, 3.8) is 0 Å². The molecule has 1 fully saturated rings. The van der Waals surface area contributed by atoms with E-state index in [4.69, 9.17) is 5.73 Å². The first-order chi connectivity index (χ1) is 9.02. The number of thioether (sulfide) groups is 2. The van der Waals surface area contributed by atoms with Crippen LogP contribution in [0.5, 0.6) is 0 Å². The second-order valence-electron chi connectivity index (χ2n) is 5.24. The Morgan fingerprint density at radius 2 is 1.89 bits per heavy atom. The van der Waals surface area contributed by atoms with Gasteiger partial charge in [0.15, 0.2) is 0 Å². The van der Waals surface area contributed by atoms with Crippen LogP contribution in [0.25, 0.3) is 0 Å². The summed E-state index contributed by atoms with van der Waals surface area (Å²) in [5, 5.41) is 2.94. The maximum Gasteiger partial charge on any atom is 0.251 e. The summed E-state index contributed by atoms with van der Waals surface area (Å²) in [7, 11) is 0. The summed E-state index contributed by atoms with van der Waals surface area (Å²) in [5.74, 6) is 2.36. The third kappa shape index (κ3) is 3.91. The van der Waals surface area contributed by atoms with E-state index in [-0.39, 0.29) is 11.4 Å². The average Bonchev–Trinajstić information content (AvgIpc) is 2.92. The lowest BCUT2D eigenvalue weighted by Crippen LogP contribution is -2.48. The molecule has 0 unspecified atom stereocenters. The van der Waals surface area contributed by atoms with E-state index in [9.17, 15) is 4.79 Å². The van der Waals surface area contributed by atoms with E-state index in [1.807, 2.05) is 49.5 Å². The first-order valence-electron chi connectivity index (χ1n) is 6.37. The summed E-state index contributed by atoms with van der Waals surface area (Å²) in [6.45, 7) is 4.27. The van der Waals surface area contributed by atoms with Crippen LogP contribution in [0.15, 0.2) is 24.3 Å². The number of nitrogens with two attached hydrogens (primary N) is 1. The van der Waals surface area contributed by atoms with E-state index in [0.717, 1.165) is 0 Å². The highest BCUT2D eigenvalue weighted by Crippen LogP contribution is 2.45. The molecule has 1 aliphatic heterocycles. The van der Waals surface area contributed by atoms with Gasteiger partial charge in [0, 0.05) is 29.2 Å². The van der Waals surface area contributed by atoms with Gasteiger partial charge in [-0.15, -0.1) is 23.5 Å². The molecule has 1 heterocycles. The van der Waals surface area contributed by atoms with Crippen LogP contribution in [0, 0.1) is 0 Å². The number of rotatable bonds is 4. The van der Waals surface area contributed by atoms with E-state index in [0.29, 0.717) is 16.7 Å². The molecule has 1 amide bonds. The first-order valence-corrected chi connectivity index (χ1v) is 8.47. The fourth-order valence-corrected chi connectivity index (χ4v) is 4.63.